The van der Waals surface area contributed by atoms with E-state index in [1.54, 1.807) is 29.2 Å². The van der Waals surface area contributed by atoms with Gasteiger partial charge < -0.3 is 14.4 Å². The Hall–Kier alpha value is -1.91. The number of hydrogen-bond donors (Lipinski definition) is 0. The summed E-state index contributed by atoms with van der Waals surface area (Å²) in [6, 6.07) is 7.19. The zero-order chi connectivity index (χ0) is 16.6. The molecule has 0 bridgehead atoms. The number of ether oxygens (including phenoxy) is 2. The van der Waals surface area contributed by atoms with Crippen LogP contribution in [0.5, 0.6) is 5.75 Å². The molecule has 0 aliphatic rings. The zero-order valence-corrected chi connectivity index (χ0v) is 14.3. The van der Waals surface area contributed by atoms with Crippen LogP contribution in [0.3, 0.4) is 0 Å². The molecule has 120 valence electrons. The van der Waals surface area contributed by atoms with E-state index in [1.807, 2.05) is 27.7 Å². The van der Waals surface area contributed by atoms with Gasteiger partial charge in [0.25, 0.3) is 0 Å². The van der Waals surface area contributed by atoms with Gasteiger partial charge in [-0.1, -0.05) is 0 Å². The van der Waals surface area contributed by atoms with Gasteiger partial charge in [-0.15, -0.1) is 0 Å². The van der Waals surface area contributed by atoms with Crippen molar-refractivity contribution in [3.05, 3.63) is 24.3 Å². The third-order valence-electron chi connectivity index (χ3n) is 2.67. The summed E-state index contributed by atoms with van der Waals surface area (Å²) in [4.78, 5) is 17.4. The number of rotatable bonds is 6. The lowest BCUT2D eigenvalue weighted by atomic mass is 10.2. The van der Waals surface area contributed by atoms with Crippen LogP contribution in [0.2, 0.25) is 0 Å². The monoisotopic (exact) mass is 322 g/mol. The maximum Gasteiger partial charge on any atom is 0.410 e. The average Bonchev–Trinajstić information content (AvgIpc) is 2.43. The van der Waals surface area contributed by atoms with Gasteiger partial charge in [-0.05, 0) is 64.2 Å². The van der Waals surface area contributed by atoms with Crippen LogP contribution in [0.4, 0.5) is 10.5 Å². The molecule has 0 spiro atoms. The quantitative estimate of drug-likeness (QED) is 0.585. The average molecular weight is 322 g/mol. The van der Waals surface area contributed by atoms with Crippen molar-refractivity contribution in [3.63, 3.8) is 0 Å². The summed E-state index contributed by atoms with van der Waals surface area (Å²) in [6.07, 6.45) is -0.329. The lowest BCUT2D eigenvalue weighted by Crippen LogP contribution is -2.38. The largest absolute Gasteiger partial charge is 0.492 e. The lowest BCUT2D eigenvalue weighted by molar-refractivity contribution is 0.0237. The molecule has 0 radical (unpaired) electrons. The molecule has 0 unspecified atom stereocenters. The Bertz CT molecular complexity index is 531. The number of nitrogens with zero attached hydrogens (tertiary/aromatic N) is 2. The molecular weight excluding hydrogens is 300 g/mol. The topological polar surface area (TPSA) is 51.1 Å². The molecule has 0 aliphatic heterocycles. The number of carbonyl (C=O) groups is 1. The Morgan fingerprint density at radius 1 is 1.32 bits per heavy atom. The third kappa shape index (κ3) is 6.70. The van der Waals surface area contributed by atoms with Gasteiger partial charge in [0.2, 0.25) is 0 Å². The molecule has 1 amide bonds. The fraction of sp³-hybridized carbons (Fsp3) is 0.500. The van der Waals surface area contributed by atoms with E-state index in [4.69, 9.17) is 9.47 Å². The van der Waals surface area contributed by atoms with Gasteiger partial charge in [-0.2, -0.15) is 4.99 Å². The van der Waals surface area contributed by atoms with Gasteiger partial charge in [0.1, 0.15) is 18.0 Å². The number of aliphatic imine (C=N–C) groups is 1. The van der Waals surface area contributed by atoms with Crippen LogP contribution in [0, 0.1) is 0 Å². The van der Waals surface area contributed by atoms with Crippen LogP contribution >= 0.6 is 12.2 Å². The van der Waals surface area contributed by atoms with Gasteiger partial charge in [-0.3, -0.25) is 0 Å². The molecule has 6 heteroatoms. The van der Waals surface area contributed by atoms with E-state index in [-0.39, 0.29) is 6.09 Å². The highest BCUT2D eigenvalue weighted by Gasteiger charge is 2.20. The van der Waals surface area contributed by atoms with Gasteiger partial charge in [-0.25, -0.2) is 4.79 Å². The van der Waals surface area contributed by atoms with E-state index < -0.39 is 5.60 Å². The Kier molecular flexibility index (Phi) is 7.02. The molecular formula is C16H22N2O3S. The van der Waals surface area contributed by atoms with Crippen LogP contribution < -0.4 is 4.74 Å². The third-order valence-corrected chi connectivity index (χ3v) is 2.77. The molecule has 0 aromatic heterocycles. The number of hydrogen-bond acceptors (Lipinski definition) is 5. The Morgan fingerprint density at radius 3 is 2.45 bits per heavy atom. The predicted molar refractivity (Wildman–Crippen MR) is 90.1 cm³/mol. The predicted octanol–water partition coefficient (Wildman–Crippen LogP) is 4.06. The van der Waals surface area contributed by atoms with Crippen molar-refractivity contribution in [1.29, 1.82) is 0 Å². The minimum absolute atomic E-state index is 0.329. The summed E-state index contributed by atoms with van der Waals surface area (Å²) in [5.41, 5.74) is 0.231. The van der Waals surface area contributed by atoms with Crippen molar-refractivity contribution in [2.45, 2.75) is 33.3 Å². The molecule has 0 heterocycles. The number of carbonyl (C=O) groups excluding carboxylic acids is 1. The van der Waals surface area contributed by atoms with Crippen molar-refractivity contribution < 1.29 is 14.3 Å². The first-order chi connectivity index (χ1) is 10.4. The molecule has 0 saturated carbocycles. The number of isothiocyanates is 1. The molecule has 1 aromatic rings. The van der Waals surface area contributed by atoms with Crippen molar-refractivity contribution in [3.8, 4) is 5.75 Å². The molecule has 0 aliphatic carbocycles. The summed E-state index contributed by atoms with van der Waals surface area (Å²) in [6.45, 7) is 8.87. The molecule has 0 fully saturated rings. The van der Waals surface area contributed by atoms with Crippen molar-refractivity contribution >= 4 is 29.2 Å². The Morgan fingerprint density at radius 2 is 1.95 bits per heavy atom. The Balaban J connectivity index is 2.46. The van der Waals surface area contributed by atoms with E-state index in [0.29, 0.717) is 25.4 Å². The van der Waals surface area contributed by atoms with E-state index in [2.05, 4.69) is 22.4 Å². The molecule has 22 heavy (non-hydrogen) atoms. The maximum atomic E-state index is 12.0. The minimum Gasteiger partial charge on any atom is -0.492 e. The smallest absolute Gasteiger partial charge is 0.410 e. The summed E-state index contributed by atoms with van der Waals surface area (Å²) in [7, 11) is 0. The van der Waals surface area contributed by atoms with Crippen molar-refractivity contribution in [1.82, 2.24) is 4.90 Å². The second-order valence-corrected chi connectivity index (χ2v) is 5.79. The van der Waals surface area contributed by atoms with E-state index in [0.717, 1.165) is 5.69 Å². The molecule has 1 rings (SSSR count). The lowest BCUT2D eigenvalue weighted by Gasteiger charge is -2.26. The molecule has 5 nitrogen and oxygen atoms in total. The Labute approximate surface area is 136 Å². The van der Waals surface area contributed by atoms with Gasteiger partial charge in [0.05, 0.1) is 17.4 Å². The highest BCUT2D eigenvalue weighted by Crippen LogP contribution is 2.17. The van der Waals surface area contributed by atoms with Crippen molar-refractivity contribution in [2.75, 3.05) is 19.7 Å². The fourth-order valence-electron chi connectivity index (χ4n) is 1.65. The van der Waals surface area contributed by atoms with Gasteiger partial charge in [0, 0.05) is 6.54 Å². The fourth-order valence-corrected chi connectivity index (χ4v) is 1.75. The standard InChI is InChI=1S/C16H22N2O3S/c1-5-18(15(19)21-16(2,3)4)10-11-20-14-8-6-13(7-9-14)17-12-22/h6-9H,5,10-11H2,1-4H3. The van der Waals surface area contributed by atoms with E-state index >= 15 is 0 Å². The molecule has 0 N–H and O–H groups in total. The summed E-state index contributed by atoms with van der Waals surface area (Å²) in [5.74, 6) is 0.712. The normalized spacial score (nSPS) is 10.5. The maximum absolute atomic E-state index is 12.0. The van der Waals surface area contributed by atoms with Gasteiger partial charge >= 0.3 is 6.09 Å². The second kappa shape index (κ2) is 8.51. The summed E-state index contributed by atoms with van der Waals surface area (Å²) >= 11 is 4.54. The van der Waals surface area contributed by atoms with Crippen LogP contribution in [0.1, 0.15) is 27.7 Å². The van der Waals surface area contributed by atoms with Crippen LogP contribution in [-0.2, 0) is 4.74 Å². The van der Waals surface area contributed by atoms with Crippen molar-refractivity contribution in [2.24, 2.45) is 4.99 Å². The zero-order valence-electron chi connectivity index (χ0n) is 13.5. The SMILES string of the molecule is CCN(CCOc1ccc(N=C=S)cc1)C(=O)OC(C)(C)C. The van der Waals surface area contributed by atoms with Crippen LogP contribution in [0.15, 0.2) is 29.3 Å². The number of amides is 1. The highest BCUT2D eigenvalue weighted by atomic mass is 32.1. The summed E-state index contributed by atoms with van der Waals surface area (Å²) < 4.78 is 11.0. The first kappa shape index (κ1) is 18.1. The summed E-state index contributed by atoms with van der Waals surface area (Å²) in [5, 5.41) is 2.31. The van der Waals surface area contributed by atoms with Crippen LogP contribution in [-0.4, -0.2) is 41.5 Å². The van der Waals surface area contributed by atoms with E-state index in [1.165, 1.54) is 0 Å². The van der Waals surface area contributed by atoms with Crippen LogP contribution in [0.25, 0.3) is 0 Å². The number of thiocarbonyl (C=S) groups is 1. The molecule has 0 atom stereocenters. The molecule has 0 saturated heterocycles. The number of benzene rings is 1. The molecule has 1 aromatic carbocycles. The first-order valence-electron chi connectivity index (χ1n) is 7.14. The van der Waals surface area contributed by atoms with E-state index in [9.17, 15) is 4.79 Å². The first-order valence-corrected chi connectivity index (χ1v) is 7.55. The van der Waals surface area contributed by atoms with Gasteiger partial charge in [0.15, 0.2) is 0 Å². The highest BCUT2D eigenvalue weighted by molar-refractivity contribution is 7.78. The second-order valence-electron chi connectivity index (χ2n) is 5.61. The minimum atomic E-state index is -0.497. The number of likely N-dealkylation sites (N-methyl/N-ethyl adjacent to an activating group) is 1.